The number of fused-ring (bicyclic) bond motifs is 1. The molecule has 2 heterocycles. The second-order valence-corrected chi connectivity index (χ2v) is 4.56. The zero-order chi connectivity index (χ0) is 13.2. The standard InChI is InChI=1S/C13H14N4O2/c14-6-10-7-17(3-4-18-10)8-13-16-11-5-9(15)1-2-12(11)19-13/h1-2,5,10H,3-4,7-8,15H2. The predicted octanol–water partition coefficient (Wildman–Crippen LogP) is 1.13. The topological polar surface area (TPSA) is 88.3 Å². The van der Waals surface area contributed by atoms with Crippen LogP contribution in [0.15, 0.2) is 22.6 Å². The summed E-state index contributed by atoms with van der Waals surface area (Å²) in [5.74, 6) is 0.638. The van der Waals surface area contributed by atoms with Crippen molar-refractivity contribution in [3.05, 3.63) is 24.1 Å². The average molecular weight is 258 g/mol. The molecule has 3 rings (SSSR count). The molecule has 6 heteroatoms. The Morgan fingerprint density at radius 2 is 2.42 bits per heavy atom. The fourth-order valence-electron chi connectivity index (χ4n) is 2.18. The highest BCUT2D eigenvalue weighted by atomic mass is 16.5. The Morgan fingerprint density at radius 3 is 3.26 bits per heavy atom. The van der Waals surface area contributed by atoms with Crippen LogP contribution in [0.1, 0.15) is 5.89 Å². The lowest BCUT2D eigenvalue weighted by Gasteiger charge is -2.28. The fraction of sp³-hybridized carbons (Fsp3) is 0.385. The maximum Gasteiger partial charge on any atom is 0.209 e. The molecule has 6 nitrogen and oxygen atoms in total. The molecule has 1 atom stereocenters. The lowest BCUT2D eigenvalue weighted by molar-refractivity contribution is -0.00528. The lowest BCUT2D eigenvalue weighted by Crippen LogP contribution is -2.41. The second-order valence-electron chi connectivity index (χ2n) is 4.56. The van der Waals surface area contributed by atoms with Gasteiger partial charge in [0.1, 0.15) is 5.52 Å². The first-order valence-electron chi connectivity index (χ1n) is 6.13. The number of ether oxygens (including phenoxy) is 1. The van der Waals surface area contributed by atoms with Gasteiger partial charge in [0.2, 0.25) is 5.89 Å². The molecule has 0 radical (unpaired) electrons. The minimum Gasteiger partial charge on any atom is -0.439 e. The molecule has 2 aromatic rings. The summed E-state index contributed by atoms with van der Waals surface area (Å²) in [7, 11) is 0. The van der Waals surface area contributed by atoms with Gasteiger partial charge in [0.05, 0.1) is 19.2 Å². The fourth-order valence-corrected chi connectivity index (χ4v) is 2.18. The molecule has 0 spiro atoms. The van der Waals surface area contributed by atoms with Crippen molar-refractivity contribution in [1.29, 1.82) is 5.26 Å². The molecule has 1 aliphatic heterocycles. The van der Waals surface area contributed by atoms with Gasteiger partial charge in [0.25, 0.3) is 0 Å². The first kappa shape index (κ1) is 12.0. The van der Waals surface area contributed by atoms with Crippen LogP contribution < -0.4 is 5.73 Å². The van der Waals surface area contributed by atoms with Gasteiger partial charge < -0.3 is 14.9 Å². The first-order chi connectivity index (χ1) is 9.24. The number of nitriles is 1. The number of benzene rings is 1. The summed E-state index contributed by atoms with van der Waals surface area (Å²) in [5.41, 5.74) is 7.87. The summed E-state index contributed by atoms with van der Waals surface area (Å²) >= 11 is 0. The highest BCUT2D eigenvalue weighted by molar-refractivity contribution is 5.76. The molecular formula is C13H14N4O2. The van der Waals surface area contributed by atoms with Crippen LogP contribution >= 0.6 is 0 Å². The Bertz CT molecular complexity index is 631. The number of anilines is 1. The van der Waals surface area contributed by atoms with Gasteiger partial charge in [-0.25, -0.2) is 4.98 Å². The highest BCUT2D eigenvalue weighted by Crippen LogP contribution is 2.19. The summed E-state index contributed by atoms with van der Waals surface area (Å²) in [6, 6.07) is 7.52. The Kier molecular flexibility index (Phi) is 3.07. The number of morpholine rings is 1. The molecule has 0 amide bonds. The van der Waals surface area contributed by atoms with Crippen molar-refractivity contribution < 1.29 is 9.15 Å². The second kappa shape index (κ2) is 4.88. The summed E-state index contributed by atoms with van der Waals surface area (Å²) in [5, 5.41) is 8.87. The molecule has 1 unspecified atom stereocenters. The van der Waals surface area contributed by atoms with Crippen LogP contribution in [-0.2, 0) is 11.3 Å². The summed E-state index contributed by atoms with van der Waals surface area (Å²) in [4.78, 5) is 6.51. The SMILES string of the molecule is N#CC1CN(Cc2nc3cc(N)ccc3o2)CCO1. The van der Waals surface area contributed by atoms with Gasteiger partial charge in [-0.05, 0) is 18.2 Å². The molecule has 1 aromatic carbocycles. The Hall–Kier alpha value is -2.10. The van der Waals surface area contributed by atoms with Crippen LogP contribution in [0.5, 0.6) is 0 Å². The van der Waals surface area contributed by atoms with Gasteiger partial charge in [0, 0.05) is 18.8 Å². The molecule has 19 heavy (non-hydrogen) atoms. The van der Waals surface area contributed by atoms with Crippen molar-refractivity contribution in [3.63, 3.8) is 0 Å². The van der Waals surface area contributed by atoms with Gasteiger partial charge in [-0.1, -0.05) is 0 Å². The number of nitrogens with two attached hydrogens (primary N) is 1. The number of nitrogen functional groups attached to an aromatic ring is 1. The Labute approximate surface area is 110 Å². The zero-order valence-corrected chi connectivity index (χ0v) is 10.4. The Balaban J connectivity index is 1.76. The maximum absolute atomic E-state index is 8.87. The molecule has 0 bridgehead atoms. The largest absolute Gasteiger partial charge is 0.439 e. The van der Waals surface area contributed by atoms with Crippen molar-refractivity contribution in [2.24, 2.45) is 0 Å². The molecule has 1 aromatic heterocycles. The molecule has 1 saturated heterocycles. The number of aromatic nitrogens is 1. The van der Waals surface area contributed by atoms with Crippen molar-refractivity contribution >= 4 is 16.8 Å². The van der Waals surface area contributed by atoms with E-state index >= 15 is 0 Å². The number of hydrogen-bond acceptors (Lipinski definition) is 6. The van der Waals surface area contributed by atoms with E-state index in [1.807, 2.05) is 6.07 Å². The smallest absolute Gasteiger partial charge is 0.209 e. The van der Waals surface area contributed by atoms with Crippen LogP contribution in [0.2, 0.25) is 0 Å². The van der Waals surface area contributed by atoms with E-state index in [9.17, 15) is 0 Å². The molecule has 0 saturated carbocycles. The summed E-state index contributed by atoms with van der Waals surface area (Å²) in [6.07, 6.45) is -0.367. The third-order valence-corrected chi connectivity index (χ3v) is 3.11. The molecule has 0 aliphatic carbocycles. The van der Waals surface area contributed by atoms with E-state index in [2.05, 4.69) is 16.0 Å². The van der Waals surface area contributed by atoms with Crippen molar-refractivity contribution in [1.82, 2.24) is 9.88 Å². The van der Waals surface area contributed by atoms with E-state index < -0.39 is 0 Å². The number of oxazole rings is 1. The summed E-state index contributed by atoms with van der Waals surface area (Å²) < 4.78 is 11.0. The maximum atomic E-state index is 8.87. The van der Waals surface area contributed by atoms with Crippen molar-refractivity contribution in [3.8, 4) is 6.07 Å². The molecule has 98 valence electrons. The van der Waals surface area contributed by atoms with Gasteiger partial charge in [-0.15, -0.1) is 0 Å². The lowest BCUT2D eigenvalue weighted by atomic mass is 10.3. The molecule has 1 aliphatic rings. The van der Waals surface area contributed by atoms with E-state index in [-0.39, 0.29) is 6.10 Å². The number of hydrogen-bond donors (Lipinski definition) is 1. The quantitative estimate of drug-likeness (QED) is 0.812. The van der Waals surface area contributed by atoms with E-state index in [0.717, 1.165) is 17.6 Å². The van der Waals surface area contributed by atoms with Gasteiger partial charge >= 0.3 is 0 Å². The van der Waals surface area contributed by atoms with Crippen LogP contribution in [0.4, 0.5) is 5.69 Å². The van der Waals surface area contributed by atoms with E-state index in [1.54, 1.807) is 12.1 Å². The van der Waals surface area contributed by atoms with Gasteiger partial charge in [0.15, 0.2) is 11.7 Å². The average Bonchev–Trinajstić information content (AvgIpc) is 2.80. The minimum absolute atomic E-state index is 0.367. The van der Waals surface area contributed by atoms with Crippen LogP contribution in [-0.4, -0.2) is 35.7 Å². The Morgan fingerprint density at radius 1 is 1.53 bits per heavy atom. The monoisotopic (exact) mass is 258 g/mol. The van der Waals surface area contributed by atoms with Crippen molar-refractivity contribution in [2.45, 2.75) is 12.6 Å². The molecule has 2 N–H and O–H groups in total. The highest BCUT2D eigenvalue weighted by Gasteiger charge is 2.21. The molecular weight excluding hydrogens is 244 g/mol. The van der Waals surface area contributed by atoms with Crippen LogP contribution in [0, 0.1) is 11.3 Å². The summed E-state index contributed by atoms with van der Waals surface area (Å²) in [6.45, 7) is 2.50. The predicted molar refractivity (Wildman–Crippen MR) is 69.1 cm³/mol. The third kappa shape index (κ3) is 2.52. The van der Waals surface area contributed by atoms with Gasteiger partial charge in [-0.2, -0.15) is 5.26 Å². The van der Waals surface area contributed by atoms with E-state index in [4.69, 9.17) is 20.1 Å². The minimum atomic E-state index is -0.367. The first-order valence-corrected chi connectivity index (χ1v) is 6.13. The zero-order valence-electron chi connectivity index (χ0n) is 10.4. The number of nitrogens with zero attached hydrogens (tertiary/aromatic N) is 3. The van der Waals surface area contributed by atoms with E-state index in [1.165, 1.54) is 0 Å². The third-order valence-electron chi connectivity index (χ3n) is 3.11. The van der Waals surface area contributed by atoms with Crippen molar-refractivity contribution in [2.75, 3.05) is 25.4 Å². The van der Waals surface area contributed by atoms with Crippen LogP contribution in [0.3, 0.4) is 0 Å². The van der Waals surface area contributed by atoms with Crippen LogP contribution in [0.25, 0.3) is 11.1 Å². The normalized spacial score (nSPS) is 20.5. The van der Waals surface area contributed by atoms with E-state index in [0.29, 0.717) is 31.3 Å². The molecule has 1 fully saturated rings. The number of rotatable bonds is 2. The van der Waals surface area contributed by atoms with Gasteiger partial charge in [-0.3, -0.25) is 4.90 Å².